The van der Waals surface area contributed by atoms with Gasteiger partial charge < -0.3 is 10.1 Å². The molecule has 4 nitrogen and oxygen atoms in total. The highest BCUT2D eigenvalue weighted by Crippen LogP contribution is 2.52. The molecule has 1 N–H and O–H groups in total. The third-order valence-electron chi connectivity index (χ3n) is 6.75. The monoisotopic (exact) mass is 396 g/mol. The largest absolute Gasteiger partial charge is 0.383 e. The van der Waals surface area contributed by atoms with Gasteiger partial charge in [-0.15, -0.1) is 0 Å². The third kappa shape index (κ3) is 3.69. The van der Waals surface area contributed by atoms with Gasteiger partial charge in [-0.05, 0) is 61.9 Å². The molecule has 0 saturated carbocycles. The molecular weight excluding hydrogens is 367 g/mol. The van der Waals surface area contributed by atoms with Crippen molar-refractivity contribution in [2.24, 2.45) is 0 Å². The first-order chi connectivity index (χ1) is 14.0. The summed E-state index contributed by atoms with van der Waals surface area (Å²) in [6, 6.07) is 15.0. The molecule has 0 spiro atoms. The van der Waals surface area contributed by atoms with Crippen molar-refractivity contribution in [3.63, 3.8) is 0 Å². The van der Waals surface area contributed by atoms with E-state index in [1.165, 1.54) is 12.1 Å². The molecule has 2 heterocycles. The quantitative estimate of drug-likeness (QED) is 0.761. The Bertz CT molecular complexity index is 862. The number of nitrogens with one attached hydrogen (secondary N) is 1. The van der Waals surface area contributed by atoms with Crippen LogP contribution in [0.5, 0.6) is 0 Å². The molecular formula is C24H29FN2O2. The van der Waals surface area contributed by atoms with E-state index in [-0.39, 0.29) is 23.3 Å². The first-order valence-electron chi connectivity index (χ1n) is 10.4. The van der Waals surface area contributed by atoms with Crippen LogP contribution in [0.15, 0.2) is 48.5 Å². The van der Waals surface area contributed by atoms with Crippen molar-refractivity contribution < 1.29 is 13.9 Å². The molecule has 2 fully saturated rings. The summed E-state index contributed by atoms with van der Waals surface area (Å²) in [4.78, 5) is 15.8. The normalized spacial score (nSPS) is 24.6. The van der Waals surface area contributed by atoms with Gasteiger partial charge in [0.2, 0.25) is 0 Å². The van der Waals surface area contributed by atoms with E-state index in [4.69, 9.17) is 4.74 Å². The molecule has 1 amide bonds. The third-order valence-corrected chi connectivity index (χ3v) is 6.75. The van der Waals surface area contributed by atoms with Crippen molar-refractivity contribution in [3.8, 4) is 0 Å². The molecule has 5 heteroatoms. The Balaban J connectivity index is 1.68. The number of amides is 1. The number of carbonyl (C=O) groups is 1. The first-order valence-corrected chi connectivity index (χ1v) is 10.4. The summed E-state index contributed by atoms with van der Waals surface area (Å²) in [5.41, 5.74) is 2.19. The maximum Gasteiger partial charge on any atom is 0.252 e. The number of ether oxygens (including phenoxy) is 1. The zero-order valence-electron chi connectivity index (χ0n) is 17.2. The van der Waals surface area contributed by atoms with E-state index in [1.807, 2.05) is 18.2 Å². The van der Waals surface area contributed by atoms with Crippen molar-refractivity contribution in [3.05, 3.63) is 71.0 Å². The highest BCUT2D eigenvalue weighted by Gasteiger charge is 2.56. The fourth-order valence-corrected chi connectivity index (χ4v) is 5.38. The van der Waals surface area contributed by atoms with Crippen molar-refractivity contribution in [1.82, 2.24) is 10.2 Å². The second-order valence-corrected chi connectivity index (χ2v) is 8.30. The van der Waals surface area contributed by atoms with Crippen LogP contribution in [0.4, 0.5) is 4.39 Å². The van der Waals surface area contributed by atoms with Crippen LogP contribution in [0.3, 0.4) is 0 Å². The lowest BCUT2D eigenvalue weighted by Gasteiger charge is -2.42. The van der Waals surface area contributed by atoms with Gasteiger partial charge in [-0.1, -0.05) is 30.3 Å². The lowest BCUT2D eigenvalue weighted by atomic mass is 9.78. The summed E-state index contributed by atoms with van der Waals surface area (Å²) < 4.78 is 18.9. The molecule has 1 atom stereocenters. The Hall–Kier alpha value is -2.24. The summed E-state index contributed by atoms with van der Waals surface area (Å²) in [5.74, 6) is -0.467. The number of carbonyl (C=O) groups excluding carboxylic acids is 1. The van der Waals surface area contributed by atoms with Crippen molar-refractivity contribution in [1.29, 1.82) is 0 Å². The smallest absolute Gasteiger partial charge is 0.252 e. The number of hydrogen-bond acceptors (Lipinski definition) is 3. The molecule has 154 valence electrons. The number of halogens is 1. The SMILES string of the molecule is COCCN1C2CCC1([C@H](NC(=O)c1ccc(F)cc1C)c1ccccc1)CC2. The van der Waals surface area contributed by atoms with E-state index in [2.05, 4.69) is 22.3 Å². The Labute approximate surface area is 172 Å². The number of methoxy groups -OCH3 is 1. The molecule has 29 heavy (non-hydrogen) atoms. The average molecular weight is 397 g/mol. The molecule has 4 rings (SSSR count). The van der Waals surface area contributed by atoms with Gasteiger partial charge in [0, 0.05) is 30.8 Å². The number of nitrogens with zero attached hydrogens (tertiary/aromatic N) is 1. The molecule has 0 aliphatic carbocycles. The predicted molar refractivity (Wildman–Crippen MR) is 111 cm³/mol. The van der Waals surface area contributed by atoms with E-state index in [9.17, 15) is 9.18 Å². The van der Waals surface area contributed by atoms with Gasteiger partial charge in [0.1, 0.15) is 5.82 Å². The van der Waals surface area contributed by atoms with E-state index >= 15 is 0 Å². The molecule has 2 bridgehead atoms. The summed E-state index contributed by atoms with van der Waals surface area (Å²) in [5, 5.41) is 3.33. The van der Waals surface area contributed by atoms with E-state index in [1.54, 1.807) is 20.1 Å². The molecule has 2 aromatic carbocycles. The lowest BCUT2D eigenvalue weighted by Crippen LogP contribution is -2.53. The van der Waals surface area contributed by atoms with E-state index < -0.39 is 0 Å². The van der Waals surface area contributed by atoms with Crippen LogP contribution >= 0.6 is 0 Å². The molecule has 2 aliphatic rings. The fourth-order valence-electron chi connectivity index (χ4n) is 5.38. The van der Waals surface area contributed by atoms with Gasteiger partial charge in [-0.25, -0.2) is 4.39 Å². The Morgan fingerprint density at radius 2 is 1.97 bits per heavy atom. The zero-order valence-corrected chi connectivity index (χ0v) is 17.2. The standard InChI is InChI=1S/C24H29FN2O2/c1-17-16-19(25)8-9-21(17)23(28)26-22(18-6-4-3-5-7-18)24-12-10-20(11-13-24)27(24)14-15-29-2/h3-9,16,20,22H,10-15H2,1-2H3,(H,26,28)/t20?,22-,24?/m1/s1. The Morgan fingerprint density at radius 1 is 1.24 bits per heavy atom. The van der Waals surface area contributed by atoms with Crippen molar-refractivity contribution >= 4 is 5.91 Å². The molecule has 0 aromatic heterocycles. The number of benzene rings is 2. The van der Waals surface area contributed by atoms with Crippen LogP contribution in [0.2, 0.25) is 0 Å². The highest BCUT2D eigenvalue weighted by molar-refractivity contribution is 5.96. The molecule has 2 aromatic rings. The number of aryl methyl sites for hydroxylation is 1. The van der Waals surface area contributed by atoms with Crippen molar-refractivity contribution in [2.75, 3.05) is 20.3 Å². The van der Waals surface area contributed by atoms with Crippen LogP contribution in [0.25, 0.3) is 0 Å². The molecule has 2 aliphatic heterocycles. The predicted octanol–water partition coefficient (Wildman–Crippen LogP) is 4.25. The number of rotatable bonds is 7. The Morgan fingerprint density at radius 3 is 2.62 bits per heavy atom. The van der Waals surface area contributed by atoms with E-state index in [0.29, 0.717) is 23.8 Å². The topological polar surface area (TPSA) is 41.6 Å². The van der Waals surface area contributed by atoms with E-state index in [0.717, 1.165) is 37.8 Å². The summed E-state index contributed by atoms with van der Waals surface area (Å²) >= 11 is 0. The second-order valence-electron chi connectivity index (χ2n) is 8.30. The van der Waals surface area contributed by atoms with Gasteiger partial charge >= 0.3 is 0 Å². The van der Waals surface area contributed by atoms with Gasteiger partial charge in [-0.2, -0.15) is 0 Å². The maximum atomic E-state index is 13.5. The van der Waals surface area contributed by atoms with Crippen LogP contribution in [-0.4, -0.2) is 42.6 Å². The fraction of sp³-hybridized carbons (Fsp3) is 0.458. The lowest BCUT2D eigenvalue weighted by molar-refractivity contribution is 0.0638. The highest BCUT2D eigenvalue weighted by atomic mass is 19.1. The van der Waals surface area contributed by atoms with Crippen LogP contribution < -0.4 is 5.32 Å². The van der Waals surface area contributed by atoms with Crippen LogP contribution in [0.1, 0.15) is 53.2 Å². The van der Waals surface area contributed by atoms with Gasteiger partial charge in [0.25, 0.3) is 5.91 Å². The minimum atomic E-state index is -0.322. The van der Waals surface area contributed by atoms with Gasteiger partial charge in [0.05, 0.1) is 12.6 Å². The summed E-state index contributed by atoms with van der Waals surface area (Å²) in [6.07, 6.45) is 4.42. The number of hydrogen-bond donors (Lipinski definition) is 1. The maximum absolute atomic E-state index is 13.5. The number of fused-ring (bicyclic) bond motifs is 2. The Kier molecular flexibility index (Phi) is 5.70. The average Bonchev–Trinajstić information content (AvgIpc) is 3.26. The minimum Gasteiger partial charge on any atom is -0.383 e. The van der Waals surface area contributed by atoms with Gasteiger partial charge in [0.15, 0.2) is 0 Å². The van der Waals surface area contributed by atoms with Gasteiger partial charge in [-0.3, -0.25) is 9.69 Å². The molecule has 0 radical (unpaired) electrons. The van der Waals surface area contributed by atoms with Crippen LogP contribution in [0, 0.1) is 12.7 Å². The first kappa shape index (κ1) is 20.0. The van der Waals surface area contributed by atoms with Crippen molar-refractivity contribution in [2.45, 2.75) is 50.2 Å². The summed E-state index contributed by atoms with van der Waals surface area (Å²) in [6.45, 7) is 3.33. The second kappa shape index (κ2) is 8.25. The van der Waals surface area contributed by atoms with Crippen LogP contribution in [-0.2, 0) is 4.74 Å². The zero-order chi connectivity index (χ0) is 20.4. The molecule has 2 saturated heterocycles. The summed E-state index contributed by atoms with van der Waals surface area (Å²) in [7, 11) is 1.73. The molecule has 0 unspecified atom stereocenters. The minimum absolute atomic E-state index is 0.103.